The van der Waals surface area contributed by atoms with Gasteiger partial charge in [0, 0.05) is 18.8 Å². The van der Waals surface area contributed by atoms with Crippen LogP contribution >= 0.6 is 0 Å². The van der Waals surface area contributed by atoms with Gasteiger partial charge in [-0.25, -0.2) is 0 Å². The lowest BCUT2D eigenvalue weighted by molar-refractivity contribution is -0.126. The molecule has 0 aromatic heterocycles. The minimum absolute atomic E-state index is 0.0978. The fourth-order valence-corrected chi connectivity index (χ4v) is 1.83. The highest BCUT2D eigenvalue weighted by Gasteiger charge is 2.13. The predicted molar refractivity (Wildman–Crippen MR) is 87.3 cm³/mol. The first-order valence-electron chi connectivity index (χ1n) is 7.75. The molecule has 21 heavy (non-hydrogen) atoms. The van der Waals surface area contributed by atoms with Crippen molar-refractivity contribution in [3.05, 3.63) is 29.8 Å². The Bertz CT molecular complexity index is 433. The Kier molecular flexibility index (Phi) is 8.01. The minimum atomic E-state index is -0.429. The van der Waals surface area contributed by atoms with Crippen LogP contribution in [0.2, 0.25) is 0 Å². The van der Waals surface area contributed by atoms with Crippen LogP contribution < -0.4 is 10.6 Å². The molecule has 2 N–H and O–H groups in total. The normalized spacial score (nSPS) is 12.4. The van der Waals surface area contributed by atoms with Gasteiger partial charge in [-0.05, 0) is 43.5 Å². The molecule has 0 saturated carbocycles. The Morgan fingerprint density at radius 3 is 2.71 bits per heavy atom. The summed E-state index contributed by atoms with van der Waals surface area (Å²) in [7, 11) is 0. The summed E-state index contributed by atoms with van der Waals surface area (Å²) in [6.45, 7) is 10.5. The summed E-state index contributed by atoms with van der Waals surface area (Å²) in [4.78, 5) is 12.1. The van der Waals surface area contributed by atoms with Gasteiger partial charge in [-0.3, -0.25) is 4.79 Å². The van der Waals surface area contributed by atoms with Gasteiger partial charge in [-0.15, -0.1) is 0 Å². The molecule has 118 valence electrons. The molecule has 1 rings (SSSR count). The molecule has 0 saturated heterocycles. The topological polar surface area (TPSA) is 50.4 Å². The van der Waals surface area contributed by atoms with Crippen molar-refractivity contribution in [1.82, 2.24) is 5.32 Å². The lowest BCUT2D eigenvalue weighted by Crippen LogP contribution is -2.28. The maximum atomic E-state index is 12.1. The fourth-order valence-electron chi connectivity index (χ4n) is 1.83. The quantitative estimate of drug-likeness (QED) is 0.735. The summed E-state index contributed by atoms with van der Waals surface area (Å²) >= 11 is 0. The molecule has 0 aliphatic rings. The Hall–Kier alpha value is -1.39. The van der Waals surface area contributed by atoms with Gasteiger partial charge in [0.05, 0.1) is 0 Å². The maximum absolute atomic E-state index is 12.1. The van der Waals surface area contributed by atoms with Gasteiger partial charge in [-0.2, -0.15) is 0 Å². The third-order valence-corrected chi connectivity index (χ3v) is 3.21. The number of anilines is 1. The van der Waals surface area contributed by atoms with Crippen molar-refractivity contribution in [3.8, 4) is 0 Å². The summed E-state index contributed by atoms with van der Waals surface area (Å²) in [5.41, 5.74) is 1.97. The molecule has 0 spiro atoms. The number of carbonyl (C=O) groups excluding carboxylic acids is 1. The van der Waals surface area contributed by atoms with E-state index in [1.54, 1.807) is 6.92 Å². The first-order chi connectivity index (χ1) is 10.0. The van der Waals surface area contributed by atoms with Gasteiger partial charge in [0.1, 0.15) is 6.10 Å². The molecule has 1 amide bonds. The second-order valence-corrected chi connectivity index (χ2v) is 5.67. The van der Waals surface area contributed by atoms with E-state index in [4.69, 9.17) is 4.74 Å². The summed E-state index contributed by atoms with van der Waals surface area (Å²) in [6, 6.07) is 7.88. The van der Waals surface area contributed by atoms with Gasteiger partial charge < -0.3 is 15.4 Å². The lowest BCUT2D eigenvalue weighted by Gasteiger charge is -2.14. The van der Waals surface area contributed by atoms with E-state index in [1.807, 2.05) is 24.3 Å². The number of benzene rings is 1. The fraction of sp³-hybridized carbons (Fsp3) is 0.588. The van der Waals surface area contributed by atoms with E-state index >= 15 is 0 Å². The SMILES string of the molecule is CCNCc1cccc(NC(=O)C(C)OCCC(C)C)c1. The second kappa shape index (κ2) is 9.53. The smallest absolute Gasteiger partial charge is 0.253 e. The summed E-state index contributed by atoms with van der Waals surface area (Å²) < 4.78 is 5.56. The van der Waals surface area contributed by atoms with Crippen molar-refractivity contribution in [2.24, 2.45) is 5.92 Å². The van der Waals surface area contributed by atoms with Crippen LogP contribution in [0.1, 0.15) is 39.7 Å². The summed E-state index contributed by atoms with van der Waals surface area (Å²) in [5, 5.41) is 6.17. The Morgan fingerprint density at radius 1 is 1.29 bits per heavy atom. The van der Waals surface area contributed by atoms with Crippen LogP contribution in [0, 0.1) is 5.92 Å². The predicted octanol–water partition coefficient (Wildman–Crippen LogP) is 3.19. The molecule has 1 unspecified atom stereocenters. The van der Waals surface area contributed by atoms with Crippen LogP contribution in [0.5, 0.6) is 0 Å². The molecule has 4 heteroatoms. The number of hydrogen-bond donors (Lipinski definition) is 2. The monoisotopic (exact) mass is 292 g/mol. The highest BCUT2D eigenvalue weighted by atomic mass is 16.5. The van der Waals surface area contributed by atoms with Crippen molar-refractivity contribution in [3.63, 3.8) is 0 Å². The number of rotatable bonds is 9. The van der Waals surface area contributed by atoms with Crippen LogP contribution in [-0.4, -0.2) is 25.2 Å². The number of carbonyl (C=O) groups is 1. The van der Waals surface area contributed by atoms with E-state index in [-0.39, 0.29) is 5.91 Å². The zero-order valence-corrected chi connectivity index (χ0v) is 13.6. The van der Waals surface area contributed by atoms with Crippen molar-refractivity contribution in [1.29, 1.82) is 0 Å². The van der Waals surface area contributed by atoms with E-state index in [2.05, 4.69) is 31.4 Å². The van der Waals surface area contributed by atoms with Crippen LogP contribution in [0.4, 0.5) is 5.69 Å². The summed E-state index contributed by atoms with van der Waals surface area (Å²) in [6.07, 6.45) is 0.539. The largest absolute Gasteiger partial charge is 0.369 e. The number of hydrogen-bond acceptors (Lipinski definition) is 3. The van der Waals surface area contributed by atoms with Gasteiger partial charge in [0.25, 0.3) is 5.91 Å². The molecular formula is C17H28N2O2. The third-order valence-electron chi connectivity index (χ3n) is 3.21. The van der Waals surface area contributed by atoms with Crippen LogP contribution in [-0.2, 0) is 16.1 Å². The van der Waals surface area contributed by atoms with E-state index in [0.29, 0.717) is 12.5 Å². The highest BCUT2D eigenvalue weighted by Crippen LogP contribution is 2.11. The first-order valence-corrected chi connectivity index (χ1v) is 7.75. The van der Waals surface area contributed by atoms with Crippen molar-refractivity contribution < 1.29 is 9.53 Å². The molecule has 0 heterocycles. The molecule has 0 radical (unpaired) electrons. The van der Waals surface area contributed by atoms with E-state index in [9.17, 15) is 4.79 Å². The maximum Gasteiger partial charge on any atom is 0.253 e. The average molecular weight is 292 g/mol. The zero-order valence-electron chi connectivity index (χ0n) is 13.6. The van der Waals surface area contributed by atoms with E-state index < -0.39 is 6.10 Å². The molecular weight excluding hydrogens is 264 g/mol. The second-order valence-electron chi connectivity index (χ2n) is 5.67. The van der Waals surface area contributed by atoms with Gasteiger partial charge >= 0.3 is 0 Å². The van der Waals surface area contributed by atoms with Gasteiger partial charge in [0.2, 0.25) is 0 Å². The molecule has 1 atom stereocenters. The van der Waals surface area contributed by atoms with Gasteiger partial charge in [0.15, 0.2) is 0 Å². The van der Waals surface area contributed by atoms with Gasteiger partial charge in [-0.1, -0.05) is 32.9 Å². The van der Waals surface area contributed by atoms with E-state index in [1.165, 1.54) is 0 Å². The number of nitrogens with one attached hydrogen (secondary N) is 2. The zero-order chi connectivity index (χ0) is 15.7. The average Bonchev–Trinajstić information content (AvgIpc) is 2.45. The van der Waals surface area contributed by atoms with Crippen LogP contribution in [0.3, 0.4) is 0 Å². The molecule has 0 aliphatic heterocycles. The standard InChI is InChI=1S/C17H28N2O2/c1-5-18-12-15-7-6-8-16(11-15)19-17(20)14(4)21-10-9-13(2)3/h6-8,11,13-14,18H,5,9-10,12H2,1-4H3,(H,19,20). The Labute approximate surface area is 128 Å². The highest BCUT2D eigenvalue weighted by molar-refractivity contribution is 5.93. The summed E-state index contributed by atoms with van der Waals surface area (Å²) in [5.74, 6) is 0.488. The lowest BCUT2D eigenvalue weighted by atomic mass is 10.1. The van der Waals surface area contributed by atoms with Crippen molar-refractivity contribution in [2.45, 2.75) is 46.8 Å². The van der Waals surface area contributed by atoms with Crippen LogP contribution in [0.25, 0.3) is 0 Å². The number of amides is 1. The first kappa shape index (κ1) is 17.7. The van der Waals surface area contributed by atoms with E-state index in [0.717, 1.165) is 30.8 Å². The molecule has 1 aromatic carbocycles. The Morgan fingerprint density at radius 2 is 2.05 bits per heavy atom. The molecule has 4 nitrogen and oxygen atoms in total. The number of ether oxygens (including phenoxy) is 1. The third kappa shape index (κ3) is 7.25. The molecule has 0 fully saturated rings. The molecule has 0 aliphatic carbocycles. The Balaban J connectivity index is 2.46. The van der Waals surface area contributed by atoms with Crippen molar-refractivity contribution in [2.75, 3.05) is 18.5 Å². The minimum Gasteiger partial charge on any atom is -0.369 e. The molecule has 1 aromatic rings. The van der Waals surface area contributed by atoms with Crippen molar-refractivity contribution >= 4 is 11.6 Å². The molecule has 0 bridgehead atoms. The van der Waals surface area contributed by atoms with Crippen LogP contribution in [0.15, 0.2) is 24.3 Å².